The van der Waals surface area contributed by atoms with Crippen LogP contribution in [0.2, 0.25) is 0 Å². The minimum Gasteiger partial charge on any atom is -0.496 e. The molecule has 2 aromatic rings. The second-order valence-corrected chi connectivity index (χ2v) is 5.49. The molecule has 19 heavy (non-hydrogen) atoms. The fourth-order valence-electron chi connectivity index (χ4n) is 2.07. The van der Waals surface area contributed by atoms with Gasteiger partial charge in [-0.2, -0.15) is 0 Å². The third-order valence-electron chi connectivity index (χ3n) is 3.15. The van der Waals surface area contributed by atoms with Gasteiger partial charge in [-0.1, -0.05) is 34.1 Å². The third kappa shape index (κ3) is 3.58. The number of hydrogen-bond donors (Lipinski definition) is 1. The fourth-order valence-corrected chi connectivity index (χ4v) is 2.33. The van der Waals surface area contributed by atoms with E-state index in [1.807, 2.05) is 49.4 Å². The van der Waals surface area contributed by atoms with Gasteiger partial charge in [0.1, 0.15) is 5.75 Å². The molecule has 0 amide bonds. The second kappa shape index (κ2) is 6.22. The molecule has 0 aliphatic carbocycles. The van der Waals surface area contributed by atoms with Crippen LogP contribution in [0.25, 0.3) is 0 Å². The zero-order valence-electron chi connectivity index (χ0n) is 11.1. The minimum atomic E-state index is -0.495. The van der Waals surface area contributed by atoms with Gasteiger partial charge in [-0.25, -0.2) is 0 Å². The van der Waals surface area contributed by atoms with Crippen LogP contribution in [0, 0.1) is 6.92 Å². The van der Waals surface area contributed by atoms with E-state index in [1.165, 1.54) is 0 Å². The number of halogens is 1. The number of aliphatic hydroxyl groups is 1. The van der Waals surface area contributed by atoms with Crippen molar-refractivity contribution in [1.29, 1.82) is 0 Å². The highest BCUT2D eigenvalue weighted by atomic mass is 79.9. The first kappa shape index (κ1) is 14.1. The summed E-state index contributed by atoms with van der Waals surface area (Å²) in [5.74, 6) is 0.847. The quantitative estimate of drug-likeness (QED) is 0.921. The lowest BCUT2D eigenvalue weighted by atomic mass is 10.00. The zero-order chi connectivity index (χ0) is 13.8. The molecule has 0 saturated heterocycles. The Bertz CT molecular complexity index is 549. The minimum absolute atomic E-state index is 0.495. The van der Waals surface area contributed by atoms with Gasteiger partial charge in [0, 0.05) is 10.9 Å². The van der Waals surface area contributed by atoms with E-state index in [9.17, 15) is 5.11 Å². The van der Waals surface area contributed by atoms with E-state index in [0.29, 0.717) is 6.42 Å². The molecule has 2 aromatic carbocycles. The first-order chi connectivity index (χ1) is 9.10. The van der Waals surface area contributed by atoms with Crippen LogP contribution in [-0.4, -0.2) is 12.2 Å². The molecule has 1 atom stereocenters. The summed E-state index contributed by atoms with van der Waals surface area (Å²) in [5, 5.41) is 10.3. The zero-order valence-corrected chi connectivity index (χ0v) is 12.6. The Balaban J connectivity index is 2.13. The van der Waals surface area contributed by atoms with Crippen molar-refractivity contribution in [2.75, 3.05) is 7.11 Å². The molecule has 0 aliphatic rings. The Morgan fingerprint density at radius 3 is 2.42 bits per heavy atom. The molecule has 0 heterocycles. The Labute approximate surface area is 122 Å². The molecule has 0 saturated carbocycles. The van der Waals surface area contributed by atoms with Gasteiger partial charge in [0.15, 0.2) is 0 Å². The molecule has 0 aliphatic heterocycles. The van der Waals surface area contributed by atoms with Crippen molar-refractivity contribution in [2.24, 2.45) is 0 Å². The monoisotopic (exact) mass is 320 g/mol. The molecule has 0 fully saturated rings. The Hall–Kier alpha value is -1.32. The number of benzene rings is 2. The van der Waals surface area contributed by atoms with Gasteiger partial charge < -0.3 is 9.84 Å². The number of aliphatic hydroxyl groups excluding tert-OH is 1. The lowest BCUT2D eigenvalue weighted by Crippen LogP contribution is -2.02. The van der Waals surface area contributed by atoms with Gasteiger partial charge in [-0.05, 0) is 47.9 Å². The van der Waals surface area contributed by atoms with Crippen molar-refractivity contribution >= 4 is 15.9 Å². The van der Waals surface area contributed by atoms with Crippen molar-refractivity contribution in [1.82, 2.24) is 0 Å². The summed E-state index contributed by atoms with van der Waals surface area (Å²) < 4.78 is 6.27. The molecule has 1 unspecified atom stereocenters. The Morgan fingerprint density at radius 1 is 1.16 bits per heavy atom. The second-order valence-electron chi connectivity index (χ2n) is 4.58. The molecule has 0 aromatic heterocycles. The first-order valence-electron chi connectivity index (χ1n) is 6.17. The predicted molar refractivity (Wildman–Crippen MR) is 80.5 cm³/mol. The van der Waals surface area contributed by atoms with Crippen molar-refractivity contribution in [3.8, 4) is 5.75 Å². The van der Waals surface area contributed by atoms with E-state index in [0.717, 1.165) is 26.9 Å². The lowest BCUT2D eigenvalue weighted by Gasteiger charge is -2.13. The number of rotatable bonds is 4. The van der Waals surface area contributed by atoms with Gasteiger partial charge >= 0.3 is 0 Å². The van der Waals surface area contributed by atoms with Crippen LogP contribution in [0.3, 0.4) is 0 Å². The van der Waals surface area contributed by atoms with Crippen molar-refractivity contribution in [3.63, 3.8) is 0 Å². The van der Waals surface area contributed by atoms with E-state index in [-0.39, 0.29) is 0 Å². The summed E-state index contributed by atoms with van der Waals surface area (Å²) >= 11 is 3.41. The highest BCUT2D eigenvalue weighted by Gasteiger charge is 2.10. The van der Waals surface area contributed by atoms with Gasteiger partial charge in [0.25, 0.3) is 0 Å². The number of hydrogen-bond acceptors (Lipinski definition) is 2. The average molecular weight is 321 g/mol. The van der Waals surface area contributed by atoms with Gasteiger partial charge in [-0.3, -0.25) is 0 Å². The summed E-state index contributed by atoms with van der Waals surface area (Å²) in [6, 6.07) is 13.8. The maximum Gasteiger partial charge on any atom is 0.121 e. The molecular weight excluding hydrogens is 304 g/mol. The number of aryl methyl sites for hydroxylation is 1. The summed E-state index contributed by atoms with van der Waals surface area (Å²) in [7, 11) is 1.65. The van der Waals surface area contributed by atoms with Crippen molar-refractivity contribution < 1.29 is 9.84 Å². The maximum absolute atomic E-state index is 10.3. The SMILES string of the molecule is COc1ccc(C(O)Cc2ccc(Br)cc2)cc1C. The fraction of sp³-hybridized carbons (Fsp3) is 0.250. The maximum atomic E-state index is 10.3. The topological polar surface area (TPSA) is 29.5 Å². The molecule has 2 rings (SSSR count). The largest absolute Gasteiger partial charge is 0.496 e. The van der Waals surface area contributed by atoms with Crippen LogP contribution in [0.1, 0.15) is 22.8 Å². The van der Waals surface area contributed by atoms with Crippen LogP contribution >= 0.6 is 15.9 Å². The summed E-state index contributed by atoms with van der Waals surface area (Å²) in [5.41, 5.74) is 3.07. The van der Waals surface area contributed by atoms with Crippen LogP contribution in [-0.2, 0) is 6.42 Å². The molecule has 1 N–H and O–H groups in total. The van der Waals surface area contributed by atoms with E-state index >= 15 is 0 Å². The van der Waals surface area contributed by atoms with E-state index in [4.69, 9.17) is 4.74 Å². The van der Waals surface area contributed by atoms with E-state index in [1.54, 1.807) is 7.11 Å². The van der Waals surface area contributed by atoms with Crippen LogP contribution in [0.15, 0.2) is 46.9 Å². The number of ether oxygens (including phenoxy) is 1. The van der Waals surface area contributed by atoms with E-state index in [2.05, 4.69) is 15.9 Å². The highest BCUT2D eigenvalue weighted by Crippen LogP contribution is 2.25. The van der Waals surface area contributed by atoms with Crippen molar-refractivity contribution in [3.05, 3.63) is 63.6 Å². The Kier molecular flexibility index (Phi) is 4.61. The normalized spacial score (nSPS) is 12.2. The van der Waals surface area contributed by atoms with Crippen LogP contribution in [0.5, 0.6) is 5.75 Å². The molecule has 100 valence electrons. The molecule has 0 spiro atoms. The van der Waals surface area contributed by atoms with Gasteiger partial charge in [-0.15, -0.1) is 0 Å². The third-order valence-corrected chi connectivity index (χ3v) is 3.67. The first-order valence-corrected chi connectivity index (χ1v) is 6.96. The van der Waals surface area contributed by atoms with Gasteiger partial charge in [0.2, 0.25) is 0 Å². The lowest BCUT2D eigenvalue weighted by molar-refractivity contribution is 0.178. The van der Waals surface area contributed by atoms with Crippen LogP contribution in [0.4, 0.5) is 0 Å². The molecule has 2 nitrogen and oxygen atoms in total. The molecule has 0 bridgehead atoms. The highest BCUT2D eigenvalue weighted by molar-refractivity contribution is 9.10. The van der Waals surface area contributed by atoms with E-state index < -0.39 is 6.10 Å². The van der Waals surface area contributed by atoms with Gasteiger partial charge in [0.05, 0.1) is 13.2 Å². The summed E-state index contributed by atoms with van der Waals surface area (Å²) in [6.45, 7) is 1.98. The summed E-state index contributed by atoms with van der Waals surface area (Å²) in [4.78, 5) is 0. The summed E-state index contributed by atoms with van der Waals surface area (Å²) in [6.07, 6.45) is 0.116. The average Bonchev–Trinajstić information content (AvgIpc) is 2.41. The Morgan fingerprint density at radius 2 is 1.84 bits per heavy atom. The van der Waals surface area contributed by atoms with Crippen molar-refractivity contribution in [2.45, 2.75) is 19.4 Å². The number of methoxy groups -OCH3 is 1. The molecular formula is C16H17BrO2. The molecule has 3 heteroatoms. The smallest absolute Gasteiger partial charge is 0.121 e. The predicted octanol–water partition coefficient (Wildman–Crippen LogP) is 4.04. The van der Waals surface area contributed by atoms with Crippen LogP contribution < -0.4 is 4.74 Å². The standard InChI is InChI=1S/C16H17BrO2/c1-11-9-13(5-8-16(11)19-2)15(18)10-12-3-6-14(17)7-4-12/h3-9,15,18H,10H2,1-2H3. The molecule has 0 radical (unpaired) electrons.